The Morgan fingerprint density at radius 3 is 2.67 bits per heavy atom. The Morgan fingerprint density at radius 2 is 2.17 bits per heavy atom. The third kappa shape index (κ3) is 1.53. The molecule has 4 nitrogen and oxygen atoms in total. The van der Waals surface area contributed by atoms with E-state index >= 15 is 0 Å². The zero-order valence-corrected chi connectivity index (χ0v) is 7.21. The first-order valence-corrected chi connectivity index (χ1v) is 3.64. The molecule has 0 aliphatic carbocycles. The first-order valence-electron chi connectivity index (χ1n) is 2.85. The molecule has 12 heavy (non-hydrogen) atoms. The highest BCUT2D eigenvalue weighted by Crippen LogP contribution is 2.31. The Balaban J connectivity index is 3.37. The van der Waals surface area contributed by atoms with Crippen molar-refractivity contribution in [1.82, 2.24) is 0 Å². The third-order valence-electron chi connectivity index (χ3n) is 1.20. The summed E-state index contributed by atoms with van der Waals surface area (Å²) < 4.78 is 12.8. The second-order valence-electron chi connectivity index (χ2n) is 2.01. The highest BCUT2D eigenvalue weighted by molar-refractivity contribution is 9.10. The van der Waals surface area contributed by atoms with Gasteiger partial charge in [-0.3, -0.25) is 10.1 Å². The van der Waals surface area contributed by atoms with Crippen LogP contribution < -0.4 is 0 Å². The molecular weight excluding hydrogens is 233 g/mol. The molecule has 6 heteroatoms. The van der Waals surface area contributed by atoms with Gasteiger partial charge in [-0.1, -0.05) is 15.9 Å². The van der Waals surface area contributed by atoms with Gasteiger partial charge >= 0.3 is 5.69 Å². The lowest BCUT2D eigenvalue weighted by Crippen LogP contribution is -1.90. The Morgan fingerprint density at radius 1 is 1.58 bits per heavy atom. The van der Waals surface area contributed by atoms with E-state index < -0.39 is 22.2 Å². The van der Waals surface area contributed by atoms with Crippen LogP contribution in [-0.4, -0.2) is 10.0 Å². The lowest BCUT2D eigenvalue weighted by Gasteiger charge is -1.97. The number of halogens is 2. The number of hydrogen-bond acceptors (Lipinski definition) is 3. The van der Waals surface area contributed by atoms with Crippen molar-refractivity contribution in [3.8, 4) is 5.75 Å². The van der Waals surface area contributed by atoms with Crippen molar-refractivity contribution in [3.63, 3.8) is 0 Å². The van der Waals surface area contributed by atoms with Crippen LogP contribution in [0.3, 0.4) is 0 Å². The highest BCUT2D eigenvalue weighted by atomic mass is 79.9. The maximum atomic E-state index is 12.6. The normalized spacial score (nSPS) is 9.83. The molecular formula is C6H3BrFNO3. The standard InChI is InChI=1S/C6H3BrFNO3/c7-3-1-4(8)6(10)5(2-3)9(11)12/h1-2,10H. The summed E-state index contributed by atoms with van der Waals surface area (Å²) in [6.45, 7) is 0. The average molecular weight is 236 g/mol. The molecule has 0 fully saturated rings. The Bertz CT molecular complexity index is 342. The molecule has 0 aromatic heterocycles. The summed E-state index contributed by atoms with van der Waals surface area (Å²) in [5, 5.41) is 19.0. The van der Waals surface area contributed by atoms with Gasteiger partial charge in [0.2, 0.25) is 5.75 Å². The number of aromatic hydroxyl groups is 1. The van der Waals surface area contributed by atoms with Crippen LogP contribution in [0, 0.1) is 15.9 Å². The third-order valence-corrected chi connectivity index (χ3v) is 1.66. The van der Waals surface area contributed by atoms with Crippen molar-refractivity contribution in [3.05, 3.63) is 32.5 Å². The number of hydrogen-bond donors (Lipinski definition) is 1. The second-order valence-corrected chi connectivity index (χ2v) is 2.93. The topological polar surface area (TPSA) is 63.4 Å². The van der Waals surface area contributed by atoms with Gasteiger partial charge in [0.1, 0.15) is 0 Å². The first-order chi connectivity index (χ1) is 5.52. The van der Waals surface area contributed by atoms with Crippen LogP contribution >= 0.6 is 15.9 Å². The lowest BCUT2D eigenvalue weighted by atomic mass is 10.3. The summed E-state index contributed by atoms with van der Waals surface area (Å²) in [5.74, 6) is -1.96. The van der Waals surface area contributed by atoms with Crippen molar-refractivity contribution in [2.24, 2.45) is 0 Å². The average Bonchev–Trinajstić information content (AvgIpc) is 1.96. The van der Waals surface area contributed by atoms with E-state index in [1.807, 2.05) is 0 Å². The lowest BCUT2D eigenvalue weighted by molar-refractivity contribution is -0.386. The highest BCUT2D eigenvalue weighted by Gasteiger charge is 2.18. The van der Waals surface area contributed by atoms with Gasteiger partial charge in [-0.15, -0.1) is 0 Å². The van der Waals surface area contributed by atoms with Crippen LogP contribution in [0.1, 0.15) is 0 Å². The molecule has 0 bridgehead atoms. The molecule has 0 aliphatic heterocycles. The SMILES string of the molecule is O=[N+]([O-])c1cc(Br)cc(F)c1O. The van der Waals surface area contributed by atoms with E-state index in [0.717, 1.165) is 12.1 Å². The Labute approximate surface area is 74.9 Å². The van der Waals surface area contributed by atoms with E-state index in [1.165, 1.54) is 0 Å². The van der Waals surface area contributed by atoms with Crippen molar-refractivity contribution < 1.29 is 14.4 Å². The predicted octanol–water partition coefficient (Wildman–Crippen LogP) is 2.20. The first kappa shape index (κ1) is 8.92. The van der Waals surface area contributed by atoms with Gasteiger partial charge in [-0.05, 0) is 6.07 Å². The predicted molar refractivity (Wildman–Crippen MR) is 42.4 cm³/mol. The molecule has 0 saturated carbocycles. The van der Waals surface area contributed by atoms with Crippen LogP contribution in [0.5, 0.6) is 5.75 Å². The van der Waals surface area contributed by atoms with Gasteiger partial charge in [0.25, 0.3) is 0 Å². The number of phenolic OH excluding ortho intramolecular Hbond substituents is 1. The fraction of sp³-hybridized carbons (Fsp3) is 0. The molecule has 0 heterocycles. The van der Waals surface area contributed by atoms with Crippen molar-refractivity contribution in [2.45, 2.75) is 0 Å². The summed E-state index contributed by atoms with van der Waals surface area (Å²) in [4.78, 5) is 9.33. The van der Waals surface area contributed by atoms with Crippen LogP contribution in [-0.2, 0) is 0 Å². The van der Waals surface area contributed by atoms with E-state index in [2.05, 4.69) is 15.9 Å². The molecule has 0 spiro atoms. The van der Waals surface area contributed by atoms with Gasteiger partial charge < -0.3 is 5.11 Å². The Kier molecular flexibility index (Phi) is 2.27. The van der Waals surface area contributed by atoms with Gasteiger partial charge in [0.05, 0.1) is 4.92 Å². The van der Waals surface area contributed by atoms with Crippen LogP contribution in [0.25, 0.3) is 0 Å². The number of nitro groups is 1. The zero-order valence-electron chi connectivity index (χ0n) is 5.62. The van der Waals surface area contributed by atoms with Gasteiger partial charge in [-0.2, -0.15) is 0 Å². The minimum Gasteiger partial charge on any atom is -0.500 e. The largest absolute Gasteiger partial charge is 0.500 e. The van der Waals surface area contributed by atoms with Crippen molar-refractivity contribution in [2.75, 3.05) is 0 Å². The van der Waals surface area contributed by atoms with Gasteiger partial charge in [0, 0.05) is 10.5 Å². The van der Waals surface area contributed by atoms with E-state index in [0.29, 0.717) is 0 Å². The smallest absolute Gasteiger partial charge is 0.314 e. The number of nitro benzene ring substituents is 1. The van der Waals surface area contributed by atoms with Crippen LogP contribution in [0.15, 0.2) is 16.6 Å². The number of rotatable bonds is 1. The van der Waals surface area contributed by atoms with Crippen molar-refractivity contribution in [1.29, 1.82) is 0 Å². The maximum Gasteiger partial charge on any atom is 0.314 e. The molecule has 64 valence electrons. The molecule has 0 atom stereocenters. The number of phenols is 1. The second kappa shape index (κ2) is 3.06. The minimum atomic E-state index is -1.02. The zero-order chi connectivity index (χ0) is 9.30. The van der Waals surface area contributed by atoms with E-state index in [4.69, 9.17) is 5.11 Å². The maximum absolute atomic E-state index is 12.6. The minimum absolute atomic E-state index is 0.213. The molecule has 0 unspecified atom stereocenters. The molecule has 1 rings (SSSR count). The number of nitrogens with zero attached hydrogens (tertiary/aromatic N) is 1. The molecule has 1 aromatic rings. The van der Waals surface area contributed by atoms with E-state index in [9.17, 15) is 14.5 Å². The fourth-order valence-corrected chi connectivity index (χ4v) is 1.11. The summed E-state index contributed by atoms with van der Waals surface area (Å²) in [6.07, 6.45) is 0. The molecule has 0 saturated heterocycles. The molecule has 1 aromatic carbocycles. The van der Waals surface area contributed by atoms with Crippen molar-refractivity contribution >= 4 is 21.6 Å². The summed E-state index contributed by atoms with van der Waals surface area (Å²) in [5.41, 5.74) is -0.651. The molecule has 0 amide bonds. The monoisotopic (exact) mass is 235 g/mol. The van der Waals surface area contributed by atoms with Crippen LogP contribution in [0.4, 0.5) is 10.1 Å². The summed E-state index contributed by atoms with van der Waals surface area (Å²) in [7, 11) is 0. The number of benzene rings is 1. The molecule has 0 radical (unpaired) electrons. The van der Waals surface area contributed by atoms with Gasteiger partial charge in [0.15, 0.2) is 5.82 Å². The molecule has 1 N–H and O–H groups in total. The summed E-state index contributed by atoms with van der Waals surface area (Å²) in [6, 6.07) is 1.97. The molecule has 0 aliphatic rings. The van der Waals surface area contributed by atoms with Crippen LogP contribution in [0.2, 0.25) is 0 Å². The summed E-state index contributed by atoms with van der Waals surface area (Å²) >= 11 is 2.86. The van der Waals surface area contributed by atoms with E-state index in [-0.39, 0.29) is 4.47 Å². The Hall–Kier alpha value is -1.17. The van der Waals surface area contributed by atoms with E-state index in [1.54, 1.807) is 0 Å². The quantitative estimate of drug-likeness (QED) is 0.600. The fourth-order valence-electron chi connectivity index (χ4n) is 0.692. The van der Waals surface area contributed by atoms with Gasteiger partial charge in [-0.25, -0.2) is 4.39 Å².